The molecule has 8 heteroatoms. The lowest BCUT2D eigenvalue weighted by Gasteiger charge is -2.35. The molecule has 2 heterocycles. The highest BCUT2D eigenvalue weighted by molar-refractivity contribution is 5.94. The average molecular weight is 462 g/mol. The summed E-state index contributed by atoms with van der Waals surface area (Å²) in [5.74, 6) is 0.305. The number of amides is 1. The van der Waals surface area contributed by atoms with Gasteiger partial charge in [-0.25, -0.2) is 0 Å². The average Bonchev–Trinajstić information content (AvgIpc) is 2.88. The molecular formula is C26H21F3N4O. The van der Waals surface area contributed by atoms with Crippen molar-refractivity contribution in [3.05, 3.63) is 90.0 Å². The molecule has 4 aromatic rings. The summed E-state index contributed by atoms with van der Waals surface area (Å²) >= 11 is 0. The van der Waals surface area contributed by atoms with Crippen molar-refractivity contribution in [1.82, 2.24) is 15.1 Å². The van der Waals surface area contributed by atoms with Crippen LogP contribution in [-0.2, 0) is 6.18 Å². The molecule has 0 radical (unpaired) electrons. The fourth-order valence-electron chi connectivity index (χ4n) is 4.15. The summed E-state index contributed by atoms with van der Waals surface area (Å²) in [7, 11) is 0. The van der Waals surface area contributed by atoms with Gasteiger partial charge in [0.25, 0.3) is 5.91 Å². The van der Waals surface area contributed by atoms with E-state index in [1.165, 1.54) is 12.1 Å². The normalized spacial score (nSPS) is 14.4. The van der Waals surface area contributed by atoms with Crippen LogP contribution in [0.4, 0.5) is 19.0 Å². The Hall–Kier alpha value is -3.94. The number of benzene rings is 3. The zero-order valence-corrected chi connectivity index (χ0v) is 18.2. The molecule has 1 fully saturated rings. The summed E-state index contributed by atoms with van der Waals surface area (Å²) in [6.45, 7) is 1.83. The number of hydrogen-bond donors (Lipinski definition) is 0. The van der Waals surface area contributed by atoms with E-state index in [1.807, 2.05) is 35.2 Å². The molecule has 0 N–H and O–H groups in total. The Bertz CT molecular complexity index is 1330. The van der Waals surface area contributed by atoms with Crippen LogP contribution in [0, 0.1) is 0 Å². The molecule has 1 aliphatic rings. The van der Waals surface area contributed by atoms with Gasteiger partial charge >= 0.3 is 6.18 Å². The lowest BCUT2D eigenvalue weighted by Crippen LogP contribution is -2.49. The van der Waals surface area contributed by atoms with Crippen molar-refractivity contribution in [2.24, 2.45) is 0 Å². The van der Waals surface area contributed by atoms with E-state index < -0.39 is 17.6 Å². The molecule has 0 spiro atoms. The number of piperazine rings is 1. The number of alkyl halides is 3. The first-order valence-electron chi connectivity index (χ1n) is 10.9. The summed E-state index contributed by atoms with van der Waals surface area (Å²) in [5, 5.41) is 11.1. The van der Waals surface area contributed by atoms with Crippen molar-refractivity contribution in [2.45, 2.75) is 6.18 Å². The van der Waals surface area contributed by atoms with E-state index in [0.29, 0.717) is 32.0 Å². The van der Waals surface area contributed by atoms with Crippen molar-refractivity contribution < 1.29 is 18.0 Å². The Labute approximate surface area is 194 Å². The smallest absolute Gasteiger partial charge is 0.352 e. The highest BCUT2D eigenvalue weighted by Crippen LogP contribution is 2.30. The number of hydrogen-bond acceptors (Lipinski definition) is 4. The Morgan fingerprint density at radius 2 is 1.53 bits per heavy atom. The molecule has 0 bridgehead atoms. The minimum absolute atomic E-state index is 0.0443. The number of aromatic nitrogens is 2. The fraction of sp³-hybridized carbons (Fsp3) is 0.192. The third kappa shape index (κ3) is 4.44. The maximum Gasteiger partial charge on any atom is 0.416 e. The Balaban J connectivity index is 1.24. The first-order chi connectivity index (χ1) is 16.4. The second-order valence-electron chi connectivity index (χ2n) is 8.20. The van der Waals surface area contributed by atoms with Gasteiger partial charge in [-0.15, -0.1) is 10.2 Å². The number of halogens is 3. The molecule has 34 heavy (non-hydrogen) atoms. The molecule has 0 atom stereocenters. The minimum Gasteiger partial charge on any atom is -0.352 e. The first-order valence-corrected chi connectivity index (χ1v) is 10.9. The summed E-state index contributed by atoms with van der Waals surface area (Å²) in [6, 6.07) is 22.7. The molecule has 0 saturated carbocycles. The van der Waals surface area contributed by atoms with Gasteiger partial charge in [-0.05, 0) is 47.2 Å². The molecule has 5 rings (SSSR count). The Morgan fingerprint density at radius 1 is 0.765 bits per heavy atom. The van der Waals surface area contributed by atoms with Gasteiger partial charge in [0.1, 0.15) is 0 Å². The molecule has 1 aromatic heterocycles. The Kier molecular flexibility index (Phi) is 5.65. The van der Waals surface area contributed by atoms with Crippen molar-refractivity contribution in [3.63, 3.8) is 0 Å². The summed E-state index contributed by atoms with van der Waals surface area (Å²) in [4.78, 5) is 16.3. The predicted octanol–water partition coefficient (Wildman–Crippen LogP) is 5.28. The third-order valence-corrected chi connectivity index (χ3v) is 6.02. The molecule has 1 saturated heterocycles. The second-order valence-corrected chi connectivity index (χ2v) is 8.20. The van der Waals surface area contributed by atoms with Gasteiger partial charge in [0.15, 0.2) is 5.82 Å². The highest BCUT2D eigenvalue weighted by Gasteiger charge is 2.31. The van der Waals surface area contributed by atoms with Crippen LogP contribution in [0.2, 0.25) is 0 Å². The van der Waals surface area contributed by atoms with Gasteiger partial charge in [-0.3, -0.25) is 4.79 Å². The van der Waals surface area contributed by atoms with Crippen molar-refractivity contribution in [2.75, 3.05) is 31.1 Å². The maximum atomic E-state index is 13.0. The van der Waals surface area contributed by atoms with Crippen LogP contribution in [0.25, 0.3) is 22.0 Å². The minimum atomic E-state index is -4.48. The standard InChI is InChI=1S/C26H21F3N4O/c27-26(28,29)22-7-3-6-21(17-22)25(34)33-14-12-32(13-15-33)24-11-10-23(30-31-24)20-9-8-18-4-1-2-5-19(18)16-20/h1-11,16-17H,12-15H2. The predicted molar refractivity (Wildman–Crippen MR) is 125 cm³/mol. The van der Waals surface area contributed by atoms with Gasteiger partial charge in [-0.2, -0.15) is 13.2 Å². The maximum absolute atomic E-state index is 13.0. The van der Waals surface area contributed by atoms with Crippen LogP contribution in [0.5, 0.6) is 0 Å². The SMILES string of the molecule is O=C(c1cccc(C(F)(F)F)c1)N1CCN(c2ccc(-c3ccc4ccccc4c3)nn2)CC1. The fourth-order valence-corrected chi connectivity index (χ4v) is 4.15. The molecule has 0 aliphatic carbocycles. The molecule has 5 nitrogen and oxygen atoms in total. The van der Waals surface area contributed by atoms with Crippen LogP contribution < -0.4 is 4.90 Å². The zero-order valence-electron chi connectivity index (χ0n) is 18.2. The molecule has 1 amide bonds. The van der Waals surface area contributed by atoms with Crippen LogP contribution in [-0.4, -0.2) is 47.2 Å². The van der Waals surface area contributed by atoms with Gasteiger partial charge in [0, 0.05) is 37.3 Å². The van der Waals surface area contributed by atoms with E-state index in [-0.39, 0.29) is 5.56 Å². The van der Waals surface area contributed by atoms with E-state index >= 15 is 0 Å². The molecule has 3 aromatic carbocycles. The molecule has 0 unspecified atom stereocenters. The van der Waals surface area contributed by atoms with Crippen molar-refractivity contribution in [3.8, 4) is 11.3 Å². The topological polar surface area (TPSA) is 49.3 Å². The van der Waals surface area contributed by atoms with Crippen LogP contribution >= 0.6 is 0 Å². The number of nitrogens with zero attached hydrogens (tertiary/aromatic N) is 4. The number of carbonyl (C=O) groups excluding carboxylic acids is 1. The van der Waals surface area contributed by atoms with E-state index in [0.717, 1.165) is 34.2 Å². The molecular weight excluding hydrogens is 441 g/mol. The van der Waals surface area contributed by atoms with E-state index in [4.69, 9.17) is 0 Å². The summed E-state index contributed by atoms with van der Waals surface area (Å²) in [6.07, 6.45) is -4.48. The monoisotopic (exact) mass is 462 g/mol. The quantitative estimate of drug-likeness (QED) is 0.416. The number of carbonyl (C=O) groups is 1. The van der Waals surface area contributed by atoms with Crippen LogP contribution in [0.1, 0.15) is 15.9 Å². The Morgan fingerprint density at radius 3 is 2.24 bits per heavy atom. The van der Waals surface area contributed by atoms with Crippen molar-refractivity contribution >= 4 is 22.5 Å². The largest absolute Gasteiger partial charge is 0.416 e. The van der Waals surface area contributed by atoms with Crippen molar-refractivity contribution in [1.29, 1.82) is 0 Å². The number of fused-ring (bicyclic) bond motifs is 1. The lowest BCUT2D eigenvalue weighted by molar-refractivity contribution is -0.137. The molecule has 1 aliphatic heterocycles. The first kappa shape index (κ1) is 21.9. The number of rotatable bonds is 3. The van der Waals surface area contributed by atoms with E-state index in [9.17, 15) is 18.0 Å². The highest BCUT2D eigenvalue weighted by atomic mass is 19.4. The summed E-state index contributed by atoms with van der Waals surface area (Å²) in [5.41, 5.74) is 0.976. The molecule has 172 valence electrons. The van der Waals surface area contributed by atoms with Crippen LogP contribution in [0.15, 0.2) is 78.9 Å². The van der Waals surface area contributed by atoms with Gasteiger partial charge in [-0.1, -0.05) is 42.5 Å². The van der Waals surface area contributed by atoms with Gasteiger partial charge in [0.05, 0.1) is 11.3 Å². The van der Waals surface area contributed by atoms with Gasteiger partial charge < -0.3 is 9.80 Å². The number of anilines is 1. The second kappa shape index (κ2) is 8.78. The van der Waals surface area contributed by atoms with Crippen LogP contribution in [0.3, 0.4) is 0 Å². The van der Waals surface area contributed by atoms with E-state index in [1.54, 1.807) is 4.90 Å². The lowest BCUT2D eigenvalue weighted by atomic mass is 10.1. The third-order valence-electron chi connectivity index (χ3n) is 6.02. The van der Waals surface area contributed by atoms with Gasteiger partial charge in [0.2, 0.25) is 0 Å². The zero-order chi connectivity index (χ0) is 23.7. The van der Waals surface area contributed by atoms with E-state index in [2.05, 4.69) is 34.5 Å². The summed E-state index contributed by atoms with van der Waals surface area (Å²) < 4.78 is 38.9.